The molecule has 0 radical (unpaired) electrons. The van der Waals surface area contributed by atoms with E-state index in [0.29, 0.717) is 12.2 Å². The van der Waals surface area contributed by atoms with Crippen LogP contribution in [-0.2, 0) is 9.73 Å². The molecule has 0 spiro atoms. The first-order valence-electron chi connectivity index (χ1n) is 4.62. The lowest BCUT2D eigenvalue weighted by Crippen LogP contribution is -2.35. The number of hydrogen-bond donors (Lipinski definition) is 3. The van der Waals surface area contributed by atoms with Crippen molar-refractivity contribution >= 4 is 9.73 Å². The molecule has 1 saturated heterocycles. The Hall–Kier alpha value is -0.130. The minimum atomic E-state index is -2.44. The van der Waals surface area contributed by atoms with Crippen LogP contribution in [0.2, 0.25) is 0 Å². The molecule has 1 heterocycles. The summed E-state index contributed by atoms with van der Waals surface area (Å²) in [7, 11) is -2.44. The summed E-state index contributed by atoms with van der Waals surface area (Å²) >= 11 is 0. The van der Waals surface area contributed by atoms with E-state index in [4.69, 9.17) is 4.78 Å². The third-order valence-corrected chi connectivity index (χ3v) is 3.38. The normalized spacial score (nSPS) is 29.8. The Labute approximate surface area is 79.7 Å². The largest absolute Gasteiger partial charge is 0.391 e. The molecule has 1 aliphatic heterocycles. The van der Waals surface area contributed by atoms with Gasteiger partial charge in [-0.15, -0.1) is 0 Å². The molecule has 5 heteroatoms. The van der Waals surface area contributed by atoms with Crippen LogP contribution in [0, 0.1) is 4.78 Å². The third-order valence-electron chi connectivity index (χ3n) is 2.37. The zero-order valence-electron chi connectivity index (χ0n) is 7.95. The first-order valence-corrected chi connectivity index (χ1v) is 6.75. The molecule has 1 fully saturated rings. The van der Waals surface area contributed by atoms with Crippen molar-refractivity contribution in [1.29, 1.82) is 4.78 Å². The lowest BCUT2D eigenvalue weighted by atomic mass is 10.1. The predicted octanol–water partition coefficient (Wildman–Crippen LogP) is 0.166. The quantitative estimate of drug-likeness (QED) is 0.614. The topological polar surface area (TPSA) is 73.2 Å². The van der Waals surface area contributed by atoms with Gasteiger partial charge in [0, 0.05) is 27.8 Å². The van der Waals surface area contributed by atoms with E-state index in [-0.39, 0.29) is 6.04 Å². The molecular weight excluding hydrogens is 188 g/mol. The van der Waals surface area contributed by atoms with Gasteiger partial charge in [0.15, 0.2) is 0 Å². The summed E-state index contributed by atoms with van der Waals surface area (Å²) in [5, 5.41) is 12.8. The minimum absolute atomic E-state index is 0.154. The molecule has 0 amide bonds. The van der Waals surface area contributed by atoms with Crippen LogP contribution in [-0.4, -0.2) is 40.0 Å². The molecule has 0 saturated carbocycles. The molecule has 78 valence electrons. The highest BCUT2D eigenvalue weighted by Gasteiger charge is 2.22. The summed E-state index contributed by atoms with van der Waals surface area (Å²) in [5.74, 6) is 0.298. The highest BCUT2D eigenvalue weighted by Crippen LogP contribution is 2.12. The highest BCUT2D eigenvalue weighted by molar-refractivity contribution is 7.91. The van der Waals surface area contributed by atoms with E-state index in [2.05, 4.69) is 5.32 Å². The van der Waals surface area contributed by atoms with Crippen LogP contribution in [0.25, 0.3) is 0 Å². The van der Waals surface area contributed by atoms with Crippen molar-refractivity contribution in [2.75, 3.05) is 18.6 Å². The predicted molar refractivity (Wildman–Crippen MR) is 53.3 cm³/mol. The smallest absolute Gasteiger partial charge is 0.0702 e. The summed E-state index contributed by atoms with van der Waals surface area (Å²) in [6.45, 7) is 0.962. The minimum Gasteiger partial charge on any atom is -0.391 e. The molecule has 3 atom stereocenters. The molecule has 0 aromatic heterocycles. The van der Waals surface area contributed by atoms with Gasteiger partial charge in [-0.3, -0.25) is 8.99 Å². The fourth-order valence-electron chi connectivity index (χ4n) is 1.59. The average molecular weight is 206 g/mol. The van der Waals surface area contributed by atoms with Gasteiger partial charge in [0.2, 0.25) is 0 Å². The van der Waals surface area contributed by atoms with Crippen molar-refractivity contribution in [1.82, 2.24) is 5.32 Å². The summed E-state index contributed by atoms with van der Waals surface area (Å²) in [6.07, 6.45) is 3.54. The average Bonchev–Trinajstić information content (AvgIpc) is 2.50. The summed E-state index contributed by atoms with van der Waals surface area (Å²) in [6, 6.07) is 0.154. The van der Waals surface area contributed by atoms with E-state index in [1.54, 1.807) is 0 Å². The van der Waals surface area contributed by atoms with Crippen molar-refractivity contribution in [3.05, 3.63) is 0 Å². The molecule has 13 heavy (non-hydrogen) atoms. The Kier molecular flexibility index (Phi) is 3.70. The molecular formula is C8H18N2O2S. The fraction of sp³-hybridized carbons (Fsp3) is 1.00. The van der Waals surface area contributed by atoms with Gasteiger partial charge in [-0.1, -0.05) is 0 Å². The Bertz CT molecular complexity index is 245. The first-order chi connectivity index (χ1) is 5.99. The van der Waals surface area contributed by atoms with Crippen LogP contribution in [0.15, 0.2) is 0 Å². The standard InChI is InChI=1S/C8H18N2O2S/c1-13(9,12)6-4-8(11)7-3-2-5-10-7/h7-11H,2-6H2,1H3/t7-,8?,13?/m0/s1. The molecule has 1 aliphatic rings. The van der Waals surface area contributed by atoms with Gasteiger partial charge >= 0.3 is 0 Å². The van der Waals surface area contributed by atoms with Crippen molar-refractivity contribution in [3.8, 4) is 0 Å². The Morgan fingerprint density at radius 1 is 1.77 bits per heavy atom. The lowest BCUT2D eigenvalue weighted by Gasteiger charge is -2.17. The molecule has 0 aromatic carbocycles. The van der Waals surface area contributed by atoms with E-state index < -0.39 is 15.8 Å². The van der Waals surface area contributed by atoms with Crippen molar-refractivity contribution < 1.29 is 9.32 Å². The van der Waals surface area contributed by atoms with Gasteiger partial charge in [0.1, 0.15) is 0 Å². The van der Waals surface area contributed by atoms with Gasteiger partial charge < -0.3 is 10.4 Å². The van der Waals surface area contributed by atoms with E-state index in [9.17, 15) is 9.32 Å². The van der Waals surface area contributed by atoms with E-state index in [0.717, 1.165) is 19.4 Å². The SMILES string of the molecule is CS(=N)(=O)CCC(O)[C@@H]1CCCN1. The zero-order chi connectivity index (χ0) is 9.90. The van der Waals surface area contributed by atoms with Crippen LogP contribution in [0.3, 0.4) is 0 Å². The van der Waals surface area contributed by atoms with Crippen LogP contribution in [0.1, 0.15) is 19.3 Å². The maximum atomic E-state index is 11.0. The molecule has 4 nitrogen and oxygen atoms in total. The van der Waals surface area contributed by atoms with E-state index in [1.165, 1.54) is 6.26 Å². The summed E-state index contributed by atoms with van der Waals surface area (Å²) < 4.78 is 18.2. The van der Waals surface area contributed by atoms with Crippen LogP contribution < -0.4 is 5.32 Å². The molecule has 0 aromatic rings. The van der Waals surface area contributed by atoms with Crippen LogP contribution in [0.5, 0.6) is 0 Å². The van der Waals surface area contributed by atoms with Gasteiger partial charge in [-0.25, -0.2) is 0 Å². The number of aliphatic hydroxyl groups is 1. The van der Waals surface area contributed by atoms with Crippen LogP contribution in [0.4, 0.5) is 0 Å². The number of nitrogens with one attached hydrogen (secondary N) is 2. The lowest BCUT2D eigenvalue weighted by molar-refractivity contribution is 0.132. The Balaban J connectivity index is 2.28. The van der Waals surface area contributed by atoms with Crippen molar-refractivity contribution in [2.24, 2.45) is 0 Å². The van der Waals surface area contributed by atoms with Crippen molar-refractivity contribution in [3.63, 3.8) is 0 Å². The summed E-state index contributed by atoms with van der Waals surface area (Å²) in [4.78, 5) is 0. The van der Waals surface area contributed by atoms with Gasteiger partial charge in [-0.2, -0.15) is 0 Å². The molecule has 1 rings (SSSR count). The first kappa shape index (κ1) is 10.9. The third kappa shape index (κ3) is 4.06. The second kappa shape index (κ2) is 4.39. The second-order valence-electron chi connectivity index (χ2n) is 3.77. The van der Waals surface area contributed by atoms with E-state index in [1.807, 2.05) is 0 Å². The molecule has 0 bridgehead atoms. The number of rotatable bonds is 4. The highest BCUT2D eigenvalue weighted by atomic mass is 32.2. The van der Waals surface area contributed by atoms with Gasteiger partial charge in [0.25, 0.3) is 0 Å². The summed E-state index contributed by atoms with van der Waals surface area (Å²) in [5.41, 5.74) is 0. The van der Waals surface area contributed by atoms with Gasteiger partial charge in [-0.05, 0) is 25.8 Å². The fourth-order valence-corrected chi connectivity index (χ4v) is 2.28. The number of hydrogen-bond acceptors (Lipinski definition) is 4. The molecule has 3 N–H and O–H groups in total. The Morgan fingerprint density at radius 3 is 2.92 bits per heavy atom. The number of aliphatic hydroxyl groups excluding tert-OH is 1. The van der Waals surface area contributed by atoms with Gasteiger partial charge in [0.05, 0.1) is 6.10 Å². The monoisotopic (exact) mass is 206 g/mol. The zero-order valence-corrected chi connectivity index (χ0v) is 8.77. The molecule has 2 unspecified atom stereocenters. The van der Waals surface area contributed by atoms with E-state index >= 15 is 0 Å². The maximum absolute atomic E-state index is 11.0. The van der Waals surface area contributed by atoms with Crippen LogP contribution >= 0.6 is 0 Å². The second-order valence-corrected chi connectivity index (χ2v) is 6.19. The molecule has 0 aliphatic carbocycles. The maximum Gasteiger partial charge on any atom is 0.0702 e. The van der Waals surface area contributed by atoms with Crippen molar-refractivity contribution in [2.45, 2.75) is 31.4 Å². The Morgan fingerprint density at radius 2 is 2.46 bits per heavy atom.